The molecular formula is C15H17F3N6. The smallest absolute Gasteiger partial charge is 0.338 e. The maximum absolute atomic E-state index is 13.1. The van der Waals surface area contributed by atoms with E-state index < -0.39 is 11.7 Å². The Morgan fingerprint density at radius 3 is 2.50 bits per heavy atom. The van der Waals surface area contributed by atoms with E-state index in [0.717, 1.165) is 32.2 Å². The van der Waals surface area contributed by atoms with Crippen LogP contribution in [0.25, 0.3) is 0 Å². The van der Waals surface area contributed by atoms with Crippen molar-refractivity contribution in [2.24, 2.45) is 0 Å². The first-order chi connectivity index (χ1) is 11.4. The number of halogens is 3. The lowest BCUT2D eigenvalue weighted by Gasteiger charge is -2.32. The number of hydrogen-bond acceptors (Lipinski definition) is 6. The van der Waals surface area contributed by atoms with Crippen LogP contribution in [0.15, 0.2) is 30.5 Å². The third-order valence-corrected chi connectivity index (χ3v) is 3.83. The predicted octanol–water partition coefficient (Wildman–Crippen LogP) is 2.39. The second-order valence-electron chi connectivity index (χ2n) is 5.60. The summed E-state index contributed by atoms with van der Waals surface area (Å²) in [5.74, 6) is 0.646. The van der Waals surface area contributed by atoms with Gasteiger partial charge in [-0.25, -0.2) is 0 Å². The summed E-state index contributed by atoms with van der Waals surface area (Å²) >= 11 is 0. The molecule has 128 valence electrons. The lowest BCUT2D eigenvalue weighted by Crippen LogP contribution is -2.45. The van der Waals surface area contributed by atoms with Crippen molar-refractivity contribution in [1.29, 1.82) is 0 Å². The molecule has 2 heterocycles. The molecule has 2 aromatic rings. The van der Waals surface area contributed by atoms with Crippen molar-refractivity contribution in [3.63, 3.8) is 0 Å². The van der Waals surface area contributed by atoms with Crippen molar-refractivity contribution in [3.05, 3.63) is 36.0 Å². The molecule has 0 saturated carbocycles. The third-order valence-electron chi connectivity index (χ3n) is 3.83. The average molecular weight is 338 g/mol. The predicted molar refractivity (Wildman–Crippen MR) is 84.3 cm³/mol. The van der Waals surface area contributed by atoms with Gasteiger partial charge >= 0.3 is 6.18 Å². The lowest BCUT2D eigenvalue weighted by molar-refractivity contribution is -0.136. The van der Waals surface area contributed by atoms with Crippen LogP contribution in [0.5, 0.6) is 0 Å². The highest BCUT2D eigenvalue weighted by Crippen LogP contribution is 2.35. The lowest BCUT2D eigenvalue weighted by atomic mass is 10.1. The Hall–Kier alpha value is -2.42. The standard InChI is InChI=1S/C15H17F3N6/c1-23-6-8-24(9-7-23)14-21-13(10-19-22-14)20-12-5-3-2-4-11(12)15(16,17)18/h2-5,10H,6-9H2,1H3,(H,20,21,22). The molecule has 0 aliphatic carbocycles. The highest BCUT2D eigenvalue weighted by molar-refractivity contribution is 5.61. The van der Waals surface area contributed by atoms with Crippen LogP contribution in [-0.2, 0) is 6.18 Å². The average Bonchev–Trinajstić information content (AvgIpc) is 2.55. The second-order valence-corrected chi connectivity index (χ2v) is 5.60. The van der Waals surface area contributed by atoms with Crippen LogP contribution >= 0.6 is 0 Å². The van der Waals surface area contributed by atoms with Crippen LogP contribution in [-0.4, -0.2) is 53.3 Å². The Kier molecular flexibility index (Phi) is 4.52. The molecule has 0 bridgehead atoms. The van der Waals surface area contributed by atoms with Crippen LogP contribution in [0.1, 0.15) is 5.56 Å². The summed E-state index contributed by atoms with van der Waals surface area (Å²) in [5, 5.41) is 10.5. The van der Waals surface area contributed by atoms with Crippen molar-refractivity contribution in [2.45, 2.75) is 6.18 Å². The highest BCUT2D eigenvalue weighted by Gasteiger charge is 2.33. The van der Waals surface area contributed by atoms with E-state index in [0.29, 0.717) is 5.95 Å². The van der Waals surface area contributed by atoms with Crippen LogP contribution in [0.2, 0.25) is 0 Å². The van der Waals surface area contributed by atoms with Crippen molar-refractivity contribution in [1.82, 2.24) is 20.1 Å². The first kappa shape index (κ1) is 16.4. The SMILES string of the molecule is CN1CCN(c2nncc(Nc3ccccc3C(F)(F)F)n2)CC1. The molecule has 3 rings (SSSR count). The fourth-order valence-electron chi connectivity index (χ4n) is 2.47. The van der Waals surface area contributed by atoms with Gasteiger partial charge in [-0.15, -0.1) is 5.10 Å². The molecule has 1 aliphatic rings. The van der Waals surface area contributed by atoms with E-state index in [-0.39, 0.29) is 11.5 Å². The quantitative estimate of drug-likeness (QED) is 0.927. The molecule has 0 spiro atoms. The first-order valence-corrected chi connectivity index (χ1v) is 7.50. The van der Waals surface area contributed by atoms with E-state index in [1.165, 1.54) is 24.4 Å². The highest BCUT2D eigenvalue weighted by atomic mass is 19.4. The normalized spacial score (nSPS) is 16.2. The van der Waals surface area contributed by atoms with Gasteiger partial charge in [0.25, 0.3) is 0 Å². The van der Waals surface area contributed by atoms with Crippen LogP contribution < -0.4 is 10.2 Å². The molecule has 1 fully saturated rings. The first-order valence-electron chi connectivity index (χ1n) is 7.50. The maximum atomic E-state index is 13.1. The van der Waals surface area contributed by atoms with Gasteiger partial charge in [0.05, 0.1) is 17.4 Å². The van der Waals surface area contributed by atoms with Gasteiger partial charge in [0, 0.05) is 26.2 Å². The summed E-state index contributed by atoms with van der Waals surface area (Å²) in [7, 11) is 2.03. The Labute approximate surface area is 137 Å². The van der Waals surface area contributed by atoms with Gasteiger partial charge in [0.15, 0.2) is 5.82 Å². The summed E-state index contributed by atoms with van der Waals surface area (Å²) < 4.78 is 39.2. The van der Waals surface area contributed by atoms with E-state index in [1.807, 2.05) is 11.9 Å². The minimum absolute atomic E-state index is 0.0603. The Bertz CT molecular complexity index is 698. The molecule has 9 heteroatoms. The number of para-hydroxylation sites is 1. The number of piperazine rings is 1. The number of likely N-dealkylation sites (N-methyl/N-ethyl adjacent to an activating group) is 1. The molecule has 6 nitrogen and oxygen atoms in total. The molecule has 1 N–H and O–H groups in total. The van der Waals surface area contributed by atoms with Gasteiger partial charge in [-0.05, 0) is 19.2 Å². The topological polar surface area (TPSA) is 57.2 Å². The molecule has 1 saturated heterocycles. The molecular weight excluding hydrogens is 321 g/mol. The molecule has 1 aromatic carbocycles. The summed E-state index contributed by atoms with van der Waals surface area (Å²) in [6.07, 6.45) is -3.13. The number of benzene rings is 1. The van der Waals surface area contributed by atoms with Crippen LogP contribution in [0.4, 0.5) is 30.6 Å². The summed E-state index contributed by atoms with van der Waals surface area (Å²) in [6, 6.07) is 5.27. The second kappa shape index (κ2) is 6.60. The summed E-state index contributed by atoms with van der Waals surface area (Å²) in [6.45, 7) is 3.25. The van der Waals surface area contributed by atoms with E-state index in [1.54, 1.807) is 0 Å². The Morgan fingerprint density at radius 2 is 1.79 bits per heavy atom. The van der Waals surface area contributed by atoms with Crippen molar-refractivity contribution in [3.8, 4) is 0 Å². The van der Waals surface area contributed by atoms with E-state index >= 15 is 0 Å². The van der Waals surface area contributed by atoms with Crippen molar-refractivity contribution in [2.75, 3.05) is 43.4 Å². The zero-order valence-electron chi connectivity index (χ0n) is 13.1. The van der Waals surface area contributed by atoms with Gasteiger partial charge in [-0.2, -0.15) is 23.3 Å². The van der Waals surface area contributed by atoms with E-state index in [9.17, 15) is 13.2 Å². The fourth-order valence-corrected chi connectivity index (χ4v) is 2.47. The zero-order valence-corrected chi connectivity index (χ0v) is 13.1. The minimum atomic E-state index is -4.44. The maximum Gasteiger partial charge on any atom is 0.418 e. The monoisotopic (exact) mass is 338 g/mol. The molecule has 0 amide bonds. The number of rotatable bonds is 3. The number of alkyl halides is 3. The van der Waals surface area contributed by atoms with Crippen molar-refractivity contribution < 1.29 is 13.2 Å². The zero-order chi connectivity index (χ0) is 17.2. The number of aromatic nitrogens is 3. The number of nitrogens with zero attached hydrogens (tertiary/aromatic N) is 5. The Balaban J connectivity index is 1.81. The van der Waals surface area contributed by atoms with Crippen LogP contribution in [0.3, 0.4) is 0 Å². The molecule has 0 unspecified atom stereocenters. The van der Waals surface area contributed by atoms with E-state index in [4.69, 9.17) is 0 Å². The third kappa shape index (κ3) is 3.73. The number of hydrogen-bond donors (Lipinski definition) is 1. The molecule has 0 atom stereocenters. The summed E-state index contributed by atoms with van der Waals surface area (Å²) in [4.78, 5) is 8.45. The van der Waals surface area contributed by atoms with Gasteiger partial charge < -0.3 is 15.1 Å². The molecule has 1 aliphatic heterocycles. The fraction of sp³-hybridized carbons (Fsp3) is 0.400. The Morgan fingerprint density at radius 1 is 1.08 bits per heavy atom. The van der Waals surface area contributed by atoms with Crippen molar-refractivity contribution >= 4 is 17.5 Å². The molecule has 0 radical (unpaired) electrons. The summed E-state index contributed by atoms with van der Waals surface area (Å²) in [5.41, 5.74) is -0.806. The van der Waals surface area contributed by atoms with Crippen LogP contribution in [0, 0.1) is 0 Å². The minimum Gasteiger partial charge on any atom is -0.338 e. The van der Waals surface area contributed by atoms with Gasteiger partial charge in [0.1, 0.15) is 0 Å². The number of anilines is 3. The van der Waals surface area contributed by atoms with Gasteiger partial charge in [0.2, 0.25) is 5.95 Å². The molecule has 24 heavy (non-hydrogen) atoms. The largest absolute Gasteiger partial charge is 0.418 e. The number of nitrogens with one attached hydrogen (secondary N) is 1. The van der Waals surface area contributed by atoms with Gasteiger partial charge in [-0.1, -0.05) is 12.1 Å². The van der Waals surface area contributed by atoms with E-state index in [2.05, 4.69) is 25.4 Å². The molecule has 1 aromatic heterocycles. The van der Waals surface area contributed by atoms with Gasteiger partial charge in [-0.3, -0.25) is 0 Å².